The molecule has 3 aliphatic rings. The molecule has 0 radical (unpaired) electrons. The number of Topliss-reactive ketones (excluding diaryl/α,β-unsaturated/α-hetero) is 3. The zero-order valence-corrected chi connectivity index (χ0v) is 36.3. The number of thiol groups is 1. The zero-order valence-electron chi connectivity index (χ0n) is 35.4. The second kappa shape index (κ2) is 25.5. The number of primary amides is 1. The lowest BCUT2D eigenvalue weighted by molar-refractivity contribution is -0.139. The van der Waals surface area contributed by atoms with Gasteiger partial charge in [0.1, 0.15) is 11.8 Å². The number of guanidine groups is 1. The maximum Gasteiger partial charge on any atom is 0.326 e. The van der Waals surface area contributed by atoms with E-state index in [9.17, 15) is 43.5 Å². The number of aliphatic imine (C=N–C) groups is 3. The highest BCUT2D eigenvalue weighted by Crippen LogP contribution is 2.21. The molecule has 0 bridgehead atoms. The fraction of sp³-hybridized carbons (Fsp3) is 0.595. The van der Waals surface area contributed by atoms with Crippen molar-refractivity contribution in [1.82, 2.24) is 21.3 Å². The Morgan fingerprint density at radius 3 is 2.29 bits per heavy atom. The van der Waals surface area contributed by atoms with Gasteiger partial charge in [-0.25, -0.2) is 9.79 Å². The Labute approximate surface area is 371 Å². The van der Waals surface area contributed by atoms with E-state index in [1.165, 1.54) is 18.3 Å². The topological polar surface area (TPSA) is 332 Å². The average molecular weight is 896 g/mol. The fourth-order valence-electron chi connectivity index (χ4n) is 7.51. The van der Waals surface area contributed by atoms with E-state index in [0.29, 0.717) is 50.0 Å². The lowest BCUT2D eigenvalue weighted by Crippen LogP contribution is -2.52. The summed E-state index contributed by atoms with van der Waals surface area (Å²) in [5.41, 5.74) is 18.1. The number of carboxylic acid groups (broad SMARTS) is 1. The zero-order chi connectivity index (χ0) is 45.9. The van der Waals surface area contributed by atoms with E-state index in [-0.39, 0.29) is 91.6 Å². The summed E-state index contributed by atoms with van der Waals surface area (Å²) < 4.78 is 0. The number of carbonyl (C=O) groups is 8. The van der Waals surface area contributed by atoms with Gasteiger partial charge in [-0.05, 0) is 82.3 Å². The van der Waals surface area contributed by atoms with E-state index in [1.54, 1.807) is 12.1 Å². The number of aliphatic carboxylic acids is 1. The van der Waals surface area contributed by atoms with Gasteiger partial charge in [0.25, 0.3) is 11.8 Å². The Bertz CT molecular complexity index is 1900. The van der Waals surface area contributed by atoms with Crippen LogP contribution in [0.3, 0.4) is 0 Å². The number of rotatable bonds is 29. The van der Waals surface area contributed by atoms with Crippen molar-refractivity contribution in [3.63, 3.8) is 0 Å². The van der Waals surface area contributed by atoms with Crippen LogP contribution in [0.4, 0.5) is 5.69 Å². The number of carboxylic acids is 1. The Morgan fingerprint density at radius 2 is 1.62 bits per heavy atom. The molecule has 12 N–H and O–H groups in total. The van der Waals surface area contributed by atoms with Gasteiger partial charge in [-0.3, -0.25) is 48.9 Å². The van der Waals surface area contributed by atoms with Crippen LogP contribution in [-0.2, 0) is 33.6 Å². The highest BCUT2D eigenvalue weighted by Gasteiger charge is 2.34. The third kappa shape index (κ3) is 16.3. The van der Waals surface area contributed by atoms with E-state index >= 15 is 0 Å². The molecule has 0 spiro atoms. The Kier molecular flexibility index (Phi) is 20.3. The van der Waals surface area contributed by atoms with Gasteiger partial charge in [0.05, 0.1) is 24.3 Å². The van der Waals surface area contributed by atoms with Crippen molar-refractivity contribution in [2.24, 2.45) is 44.0 Å². The largest absolute Gasteiger partial charge is 0.480 e. The first-order valence-corrected chi connectivity index (χ1v) is 22.1. The van der Waals surface area contributed by atoms with Gasteiger partial charge < -0.3 is 43.6 Å². The molecule has 0 aliphatic carbocycles. The molecule has 4 rings (SSSR count). The molecule has 20 nitrogen and oxygen atoms in total. The lowest BCUT2D eigenvalue weighted by atomic mass is 9.91. The van der Waals surface area contributed by atoms with Gasteiger partial charge in [0.2, 0.25) is 11.8 Å². The first-order chi connectivity index (χ1) is 30.2. The summed E-state index contributed by atoms with van der Waals surface area (Å²) in [5, 5.41) is 23.7. The standard InChI is InChI=1S/C42H61N11O9S/c43-17-5-4-8-26(20-34(56)30-9-6-18-46-30)39(59)51-32(23-63)33(55)10-3-1-2-7-25(36(44)57)19-29(54)15-16-31(41(61)62)50-38(58)24-11-13-27(14-12-24)47-21-28-22-48-37-35(49-28)40(60)53-42(45)52-37/h11-14,22,25-26,30-32,35,37,46-47,63H,1-10,15-21,23,43H2,(H2,44,57)(H,50,58)(H,51,59)(H,61,62)(H3,45,52,53,60). The summed E-state index contributed by atoms with van der Waals surface area (Å²) in [4.78, 5) is 114. The smallest absolute Gasteiger partial charge is 0.326 e. The Hall–Kier alpha value is -5.54. The third-order valence-corrected chi connectivity index (χ3v) is 11.6. The van der Waals surface area contributed by atoms with Gasteiger partial charge in [-0.15, -0.1) is 0 Å². The van der Waals surface area contributed by atoms with Crippen molar-refractivity contribution in [1.29, 1.82) is 0 Å². The van der Waals surface area contributed by atoms with Crippen LogP contribution in [0.25, 0.3) is 0 Å². The van der Waals surface area contributed by atoms with Crippen LogP contribution >= 0.6 is 12.6 Å². The molecule has 344 valence electrons. The number of nitrogens with one attached hydrogen (secondary N) is 5. The van der Waals surface area contributed by atoms with Crippen molar-refractivity contribution in [3.8, 4) is 0 Å². The summed E-state index contributed by atoms with van der Waals surface area (Å²) in [5.74, 6) is -5.31. The second-order valence-electron chi connectivity index (χ2n) is 16.0. The number of anilines is 1. The maximum atomic E-state index is 13.3. The Morgan fingerprint density at radius 1 is 0.889 bits per heavy atom. The number of unbranched alkanes of at least 4 members (excludes halogenated alkanes) is 3. The first kappa shape index (κ1) is 50.1. The summed E-state index contributed by atoms with van der Waals surface area (Å²) in [6.45, 7) is 1.47. The minimum atomic E-state index is -1.38. The Balaban J connectivity index is 1.16. The van der Waals surface area contributed by atoms with Crippen LogP contribution in [0, 0.1) is 11.8 Å². The molecule has 3 heterocycles. The molecule has 1 aromatic carbocycles. The maximum absolute atomic E-state index is 13.3. The molecular formula is C42H61N11O9S. The van der Waals surface area contributed by atoms with Crippen LogP contribution < -0.4 is 43.8 Å². The highest BCUT2D eigenvalue weighted by molar-refractivity contribution is 7.80. The van der Waals surface area contributed by atoms with Crippen LogP contribution in [0.5, 0.6) is 0 Å². The molecule has 1 aromatic rings. The molecule has 0 saturated carbocycles. The van der Waals surface area contributed by atoms with Crippen molar-refractivity contribution >= 4 is 83.1 Å². The SMILES string of the molecule is NCCCCC(CC(=O)C1CCCN1)C(=O)NC(CS)C(=O)CCCCCC(CC(=O)CCC(NC(=O)c1ccc(NCC2=NC3C(=O)NC(N)=NC3N=C2)cc1)C(=O)O)C(N)=O. The van der Waals surface area contributed by atoms with Crippen molar-refractivity contribution in [2.75, 3.05) is 30.7 Å². The van der Waals surface area contributed by atoms with E-state index < -0.39 is 59.8 Å². The fourth-order valence-corrected chi connectivity index (χ4v) is 7.80. The summed E-state index contributed by atoms with van der Waals surface area (Å²) in [7, 11) is 0. The minimum absolute atomic E-state index is 0.00701. The number of nitrogens with two attached hydrogens (primary N) is 3. The number of ketones is 3. The predicted molar refractivity (Wildman–Crippen MR) is 240 cm³/mol. The number of hydrogen-bond donors (Lipinski definition) is 10. The normalized spacial score (nSPS) is 19.8. The van der Waals surface area contributed by atoms with E-state index in [1.807, 2.05) is 0 Å². The summed E-state index contributed by atoms with van der Waals surface area (Å²) >= 11 is 4.29. The molecule has 0 aromatic heterocycles. The molecule has 3 aliphatic heterocycles. The average Bonchev–Trinajstić information content (AvgIpc) is 3.81. The molecule has 4 amide bonds. The van der Waals surface area contributed by atoms with Crippen molar-refractivity contribution < 1.29 is 43.5 Å². The third-order valence-electron chi connectivity index (χ3n) is 11.2. The first-order valence-electron chi connectivity index (χ1n) is 21.5. The predicted octanol–water partition coefficient (Wildman–Crippen LogP) is 0.178. The van der Waals surface area contributed by atoms with Crippen LogP contribution in [0.1, 0.15) is 100 Å². The quantitative estimate of drug-likeness (QED) is 0.0380. The van der Waals surface area contributed by atoms with Gasteiger partial charge >= 0.3 is 5.97 Å². The van der Waals surface area contributed by atoms with E-state index in [2.05, 4.69) is 54.2 Å². The highest BCUT2D eigenvalue weighted by atomic mass is 32.1. The number of carbonyl (C=O) groups excluding carboxylic acids is 7. The molecule has 21 heteroatoms. The van der Waals surface area contributed by atoms with E-state index in [4.69, 9.17) is 17.2 Å². The van der Waals surface area contributed by atoms with Gasteiger partial charge in [-0.1, -0.05) is 19.3 Å². The van der Waals surface area contributed by atoms with Gasteiger partial charge in [-0.2, -0.15) is 12.6 Å². The number of amides is 4. The number of hydrogen-bond acceptors (Lipinski definition) is 16. The molecular weight excluding hydrogens is 835 g/mol. The molecule has 1 saturated heterocycles. The lowest BCUT2D eigenvalue weighted by Gasteiger charge is -2.25. The molecule has 63 heavy (non-hydrogen) atoms. The number of nitrogens with zero attached hydrogens (tertiary/aromatic N) is 3. The van der Waals surface area contributed by atoms with Crippen LogP contribution in [-0.4, -0.2) is 126 Å². The number of fused-ring (bicyclic) bond motifs is 1. The van der Waals surface area contributed by atoms with Crippen LogP contribution in [0.2, 0.25) is 0 Å². The molecule has 7 unspecified atom stereocenters. The van der Waals surface area contributed by atoms with E-state index in [0.717, 1.165) is 25.8 Å². The second-order valence-corrected chi connectivity index (χ2v) is 16.4. The van der Waals surface area contributed by atoms with Gasteiger partial charge in [0, 0.05) is 60.7 Å². The minimum Gasteiger partial charge on any atom is -0.480 e. The molecule has 1 fully saturated rings. The summed E-state index contributed by atoms with van der Waals surface area (Å²) in [6, 6.07) is 2.93. The number of benzene rings is 1. The van der Waals surface area contributed by atoms with Crippen molar-refractivity contribution in [3.05, 3.63) is 29.8 Å². The van der Waals surface area contributed by atoms with Gasteiger partial charge in [0.15, 0.2) is 29.7 Å². The van der Waals surface area contributed by atoms with Crippen LogP contribution in [0.15, 0.2) is 39.2 Å². The van der Waals surface area contributed by atoms with Crippen molar-refractivity contribution in [2.45, 2.75) is 120 Å². The summed E-state index contributed by atoms with van der Waals surface area (Å²) in [6.07, 6.45) is 5.73. The molecule has 7 atom stereocenters. The monoisotopic (exact) mass is 895 g/mol.